The SMILES string of the molecule is CCc1cccc(C)c1NC(=O)CN(C)CC(=O)NC(C)(C)C. The number of carbonyl (C=O) groups excluding carboxylic acids is 2. The Kier molecular flexibility index (Phi) is 6.76. The highest BCUT2D eigenvalue weighted by Gasteiger charge is 2.17. The summed E-state index contributed by atoms with van der Waals surface area (Å²) in [7, 11) is 1.76. The number of hydrogen-bond donors (Lipinski definition) is 2. The van der Waals surface area contributed by atoms with Gasteiger partial charge in [-0.3, -0.25) is 14.5 Å². The highest BCUT2D eigenvalue weighted by molar-refractivity contribution is 5.94. The average Bonchev–Trinajstić information content (AvgIpc) is 2.38. The molecule has 0 fully saturated rings. The molecule has 0 heterocycles. The van der Waals surface area contributed by atoms with Crippen molar-refractivity contribution in [2.75, 3.05) is 25.5 Å². The normalized spacial score (nSPS) is 11.4. The van der Waals surface area contributed by atoms with E-state index in [9.17, 15) is 9.59 Å². The quantitative estimate of drug-likeness (QED) is 0.846. The van der Waals surface area contributed by atoms with Crippen molar-refractivity contribution in [1.82, 2.24) is 10.2 Å². The van der Waals surface area contributed by atoms with Gasteiger partial charge in [-0.2, -0.15) is 0 Å². The Morgan fingerprint density at radius 3 is 2.30 bits per heavy atom. The third-order valence-electron chi connectivity index (χ3n) is 3.35. The number of aryl methyl sites for hydroxylation is 2. The second-order valence-electron chi connectivity index (χ2n) is 6.98. The van der Waals surface area contributed by atoms with Crippen LogP contribution in [0.5, 0.6) is 0 Å². The van der Waals surface area contributed by atoms with Crippen LogP contribution in [0.2, 0.25) is 0 Å². The number of carbonyl (C=O) groups is 2. The fraction of sp³-hybridized carbons (Fsp3) is 0.556. The van der Waals surface area contributed by atoms with Crippen LogP contribution < -0.4 is 10.6 Å². The van der Waals surface area contributed by atoms with Gasteiger partial charge >= 0.3 is 0 Å². The van der Waals surface area contributed by atoms with E-state index in [1.54, 1.807) is 11.9 Å². The summed E-state index contributed by atoms with van der Waals surface area (Å²) in [5, 5.41) is 5.86. The molecule has 23 heavy (non-hydrogen) atoms. The zero-order valence-electron chi connectivity index (χ0n) is 15.1. The van der Waals surface area contributed by atoms with Crippen LogP contribution in [0.15, 0.2) is 18.2 Å². The lowest BCUT2D eigenvalue weighted by Crippen LogP contribution is -2.46. The second-order valence-corrected chi connectivity index (χ2v) is 6.98. The fourth-order valence-corrected chi connectivity index (χ4v) is 2.38. The Labute approximate surface area is 139 Å². The van der Waals surface area contributed by atoms with Crippen molar-refractivity contribution in [1.29, 1.82) is 0 Å². The number of hydrogen-bond acceptors (Lipinski definition) is 3. The highest BCUT2D eigenvalue weighted by Crippen LogP contribution is 2.20. The van der Waals surface area contributed by atoms with E-state index >= 15 is 0 Å². The molecule has 2 N–H and O–H groups in total. The van der Waals surface area contributed by atoms with Gasteiger partial charge in [0.25, 0.3) is 0 Å². The Morgan fingerprint density at radius 1 is 1.13 bits per heavy atom. The summed E-state index contributed by atoms with van der Waals surface area (Å²) in [6.07, 6.45) is 0.862. The Bertz CT molecular complexity index is 562. The smallest absolute Gasteiger partial charge is 0.238 e. The van der Waals surface area contributed by atoms with E-state index in [1.807, 2.05) is 45.9 Å². The lowest BCUT2D eigenvalue weighted by atomic mass is 10.1. The van der Waals surface area contributed by atoms with Crippen LogP contribution in [0.4, 0.5) is 5.69 Å². The maximum Gasteiger partial charge on any atom is 0.238 e. The molecule has 0 atom stereocenters. The molecule has 0 radical (unpaired) electrons. The number of para-hydroxylation sites is 1. The molecule has 0 saturated carbocycles. The molecule has 0 aliphatic rings. The van der Waals surface area contributed by atoms with Gasteiger partial charge in [-0.05, 0) is 52.3 Å². The summed E-state index contributed by atoms with van der Waals surface area (Å²) in [5.74, 6) is -0.196. The van der Waals surface area contributed by atoms with Crippen LogP contribution in [-0.2, 0) is 16.0 Å². The molecule has 0 aliphatic heterocycles. The highest BCUT2D eigenvalue weighted by atomic mass is 16.2. The van der Waals surface area contributed by atoms with E-state index in [4.69, 9.17) is 0 Å². The predicted molar refractivity (Wildman–Crippen MR) is 94.6 cm³/mol. The first-order valence-electron chi connectivity index (χ1n) is 8.00. The van der Waals surface area contributed by atoms with Gasteiger partial charge < -0.3 is 10.6 Å². The Hall–Kier alpha value is -1.88. The van der Waals surface area contributed by atoms with Gasteiger partial charge in [0.05, 0.1) is 13.1 Å². The summed E-state index contributed by atoms with van der Waals surface area (Å²) in [5.41, 5.74) is 2.78. The molecule has 1 rings (SSSR count). The minimum absolute atomic E-state index is 0.0852. The molecule has 0 spiro atoms. The third-order valence-corrected chi connectivity index (χ3v) is 3.35. The summed E-state index contributed by atoms with van der Waals surface area (Å²) in [4.78, 5) is 25.8. The molecule has 0 saturated heterocycles. The van der Waals surface area contributed by atoms with Crippen LogP contribution in [0.3, 0.4) is 0 Å². The summed E-state index contributed by atoms with van der Waals surface area (Å²) in [6.45, 7) is 10.2. The lowest BCUT2D eigenvalue weighted by Gasteiger charge is -2.23. The summed E-state index contributed by atoms with van der Waals surface area (Å²) < 4.78 is 0. The van der Waals surface area contributed by atoms with E-state index in [2.05, 4.69) is 17.6 Å². The van der Waals surface area contributed by atoms with Crippen molar-refractivity contribution in [3.8, 4) is 0 Å². The molecule has 1 aromatic carbocycles. The topological polar surface area (TPSA) is 61.4 Å². The maximum atomic E-state index is 12.2. The second kappa shape index (κ2) is 8.11. The van der Waals surface area contributed by atoms with Gasteiger partial charge in [-0.15, -0.1) is 0 Å². The molecule has 0 unspecified atom stereocenters. The largest absolute Gasteiger partial charge is 0.350 e. The van der Waals surface area contributed by atoms with Crippen molar-refractivity contribution >= 4 is 17.5 Å². The Morgan fingerprint density at radius 2 is 1.74 bits per heavy atom. The van der Waals surface area contributed by atoms with Crippen molar-refractivity contribution in [2.24, 2.45) is 0 Å². The number of likely N-dealkylation sites (N-methyl/N-ethyl adjacent to an activating group) is 1. The van der Waals surface area contributed by atoms with Crippen molar-refractivity contribution in [3.63, 3.8) is 0 Å². The zero-order valence-corrected chi connectivity index (χ0v) is 15.1. The van der Waals surface area contributed by atoms with Crippen molar-refractivity contribution in [3.05, 3.63) is 29.3 Å². The molecule has 1 aromatic rings. The van der Waals surface area contributed by atoms with Gasteiger partial charge in [0, 0.05) is 11.2 Å². The number of rotatable bonds is 6. The van der Waals surface area contributed by atoms with Crippen LogP contribution in [0, 0.1) is 6.92 Å². The first kappa shape index (κ1) is 19.2. The number of amides is 2. The zero-order chi connectivity index (χ0) is 17.6. The van der Waals surface area contributed by atoms with Crippen LogP contribution in [0.1, 0.15) is 38.8 Å². The number of nitrogens with zero attached hydrogens (tertiary/aromatic N) is 1. The van der Waals surface area contributed by atoms with E-state index in [1.165, 1.54) is 0 Å². The van der Waals surface area contributed by atoms with Crippen LogP contribution in [0.25, 0.3) is 0 Å². The van der Waals surface area contributed by atoms with Crippen molar-refractivity contribution < 1.29 is 9.59 Å². The molecular formula is C18H29N3O2. The molecule has 0 bridgehead atoms. The van der Waals surface area contributed by atoms with Gasteiger partial charge in [-0.1, -0.05) is 25.1 Å². The van der Waals surface area contributed by atoms with Gasteiger partial charge in [0.2, 0.25) is 11.8 Å². The third kappa shape index (κ3) is 6.82. The molecule has 0 aliphatic carbocycles. The number of anilines is 1. The first-order valence-corrected chi connectivity index (χ1v) is 8.00. The fourth-order valence-electron chi connectivity index (χ4n) is 2.38. The molecule has 5 heteroatoms. The average molecular weight is 319 g/mol. The summed E-state index contributed by atoms with van der Waals surface area (Å²) in [6, 6.07) is 5.99. The van der Waals surface area contributed by atoms with E-state index in [0.29, 0.717) is 0 Å². The molecule has 5 nitrogen and oxygen atoms in total. The molecular weight excluding hydrogens is 290 g/mol. The summed E-state index contributed by atoms with van der Waals surface area (Å²) >= 11 is 0. The molecule has 128 valence electrons. The van der Waals surface area contributed by atoms with Gasteiger partial charge in [-0.25, -0.2) is 0 Å². The lowest BCUT2D eigenvalue weighted by molar-refractivity contribution is -0.124. The maximum absolute atomic E-state index is 12.2. The molecule has 0 aromatic heterocycles. The van der Waals surface area contributed by atoms with E-state index in [0.717, 1.165) is 23.2 Å². The van der Waals surface area contributed by atoms with Crippen molar-refractivity contribution in [2.45, 2.75) is 46.6 Å². The standard InChI is InChI=1S/C18H29N3O2/c1-7-14-10-8-9-13(2)17(14)19-15(22)11-21(6)12-16(23)20-18(3,4)5/h8-10H,7,11-12H2,1-6H3,(H,19,22)(H,20,23). The minimum Gasteiger partial charge on any atom is -0.350 e. The first-order chi connectivity index (χ1) is 10.6. The predicted octanol–water partition coefficient (Wildman–Crippen LogP) is 2.34. The van der Waals surface area contributed by atoms with Crippen LogP contribution >= 0.6 is 0 Å². The van der Waals surface area contributed by atoms with Gasteiger partial charge in [0.15, 0.2) is 0 Å². The van der Waals surface area contributed by atoms with Gasteiger partial charge in [0.1, 0.15) is 0 Å². The van der Waals surface area contributed by atoms with Crippen LogP contribution in [-0.4, -0.2) is 42.4 Å². The van der Waals surface area contributed by atoms with E-state index in [-0.39, 0.29) is 30.4 Å². The minimum atomic E-state index is -0.267. The molecule has 2 amide bonds. The number of benzene rings is 1. The number of nitrogens with one attached hydrogen (secondary N) is 2. The Balaban J connectivity index is 2.59. The monoisotopic (exact) mass is 319 g/mol. The van der Waals surface area contributed by atoms with E-state index < -0.39 is 0 Å².